The van der Waals surface area contributed by atoms with Gasteiger partial charge in [-0.25, -0.2) is 4.79 Å². The first kappa shape index (κ1) is 14.5. The highest BCUT2D eigenvalue weighted by Crippen LogP contribution is 2.22. The Hall–Kier alpha value is -1.89. The summed E-state index contributed by atoms with van der Waals surface area (Å²) in [5.74, 6) is -1.96. The lowest BCUT2D eigenvalue weighted by molar-refractivity contribution is 0.0328. The van der Waals surface area contributed by atoms with Crippen molar-refractivity contribution in [1.82, 2.24) is 0 Å². The minimum absolute atomic E-state index is 0.0891. The number of carboxylic acid groups (broad SMARTS) is 1. The van der Waals surface area contributed by atoms with Crippen LogP contribution in [0.2, 0.25) is 0 Å². The molecule has 2 unspecified atom stereocenters. The number of benzene rings is 1. The lowest BCUT2D eigenvalue weighted by atomic mass is 10.0. The molecule has 6 nitrogen and oxygen atoms in total. The molecule has 0 aliphatic heterocycles. The average Bonchev–Trinajstić information content (AvgIpc) is 2.45. The normalized spacial score (nSPS) is 14.2. The van der Waals surface area contributed by atoms with Gasteiger partial charge in [-0.2, -0.15) is 0 Å². The van der Waals surface area contributed by atoms with Crippen molar-refractivity contribution in [1.29, 1.82) is 0 Å². The number of rotatable bonds is 4. The molecule has 0 radical (unpaired) electrons. The molecule has 2 rings (SSSR count). The van der Waals surface area contributed by atoms with Gasteiger partial charge < -0.3 is 19.7 Å². The predicted molar refractivity (Wildman–Crippen MR) is 71.1 cm³/mol. The van der Waals surface area contributed by atoms with Crippen LogP contribution < -0.4 is 5.43 Å². The van der Waals surface area contributed by atoms with Gasteiger partial charge in [0.05, 0.1) is 17.4 Å². The third-order valence-corrected chi connectivity index (χ3v) is 3.14. The highest BCUT2D eigenvalue weighted by Gasteiger charge is 2.19. The summed E-state index contributed by atoms with van der Waals surface area (Å²) in [6, 6.07) is 4.99. The van der Waals surface area contributed by atoms with Crippen molar-refractivity contribution >= 4 is 28.5 Å². The first-order valence-electron chi connectivity index (χ1n) is 5.67. The van der Waals surface area contributed by atoms with E-state index in [1.54, 1.807) is 0 Å². The zero-order valence-electron chi connectivity index (χ0n) is 10.1. The minimum atomic E-state index is -1.34. The van der Waals surface area contributed by atoms with Gasteiger partial charge in [0.2, 0.25) is 5.76 Å². The Bertz CT molecular complexity index is 708. The summed E-state index contributed by atoms with van der Waals surface area (Å²) >= 11 is 5.45. The van der Waals surface area contributed by atoms with Gasteiger partial charge in [-0.1, -0.05) is 6.07 Å². The van der Waals surface area contributed by atoms with Crippen molar-refractivity contribution in [3.63, 3.8) is 0 Å². The Morgan fingerprint density at radius 2 is 2.00 bits per heavy atom. The lowest BCUT2D eigenvalue weighted by Gasteiger charge is -2.15. The summed E-state index contributed by atoms with van der Waals surface area (Å²) in [4.78, 5) is 22.6. The van der Waals surface area contributed by atoms with Gasteiger partial charge in [0.15, 0.2) is 5.43 Å². The van der Waals surface area contributed by atoms with E-state index >= 15 is 0 Å². The van der Waals surface area contributed by atoms with Gasteiger partial charge >= 0.3 is 5.97 Å². The van der Waals surface area contributed by atoms with E-state index in [1.807, 2.05) is 0 Å². The van der Waals surface area contributed by atoms with Crippen molar-refractivity contribution in [2.45, 2.75) is 12.2 Å². The number of aromatic carboxylic acids is 1. The number of hydrogen-bond acceptors (Lipinski definition) is 5. The number of hydrogen-bond donors (Lipinski definition) is 3. The van der Waals surface area contributed by atoms with Crippen LogP contribution in [0.1, 0.15) is 22.2 Å². The molecular weight excluding hydrogens is 288 g/mol. The van der Waals surface area contributed by atoms with Gasteiger partial charge in [-0.05, 0) is 17.7 Å². The summed E-state index contributed by atoms with van der Waals surface area (Å²) in [6.45, 7) is 0. The number of alkyl halides is 1. The van der Waals surface area contributed by atoms with Crippen LogP contribution in [0.3, 0.4) is 0 Å². The second kappa shape index (κ2) is 5.62. The lowest BCUT2D eigenvalue weighted by Crippen LogP contribution is -2.20. The zero-order valence-corrected chi connectivity index (χ0v) is 10.9. The van der Waals surface area contributed by atoms with Gasteiger partial charge in [-0.15, -0.1) is 11.6 Å². The highest BCUT2D eigenvalue weighted by molar-refractivity contribution is 6.18. The van der Waals surface area contributed by atoms with Gasteiger partial charge in [0.1, 0.15) is 11.7 Å². The fourth-order valence-electron chi connectivity index (χ4n) is 1.77. The maximum absolute atomic E-state index is 11.8. The monoisotopic (exact) mass is 298 g/mol. The van der Waals surface area contributed by atoms with E-state index in [0.717, 1.165) is 6.07 Å². The largest absolute Gasteiger partial charge is 0.475 e. The SMILES string of the molecule is O=C(O)c1cc(=O)c2cc(C(O)C(O)CCl)ccc2o1. The van der Waals surface area contributed by atoms with Crippen LogP contribution in [-0.4, -0.2) is 33.3 Å². The molecular formula is C13H11ClO6. The van der Waals surface area contributed by atoms with E-state index in [-0.39, 0.29) is 16.8 Å². The molecule has 1 heterocycles. The number of carbonyl (C=O) groups is 1. The van der Waals surface area contributed by atoms with E-state index in [1.165, 1.54) is 18.2 Å². The van der Waals surface area contributed by atoms with Crippen molar-refractivity contribution in [3.05, 3.63) is 45.8 Å². The molecule has 0 aliphatic carbocycles. The standard InChI is InChI=1S/C13H11ClO6/c14-5-9(16)12(17)6-1-2-10-7(3-6)8(15)4-11(20-10)13(18)19/h1-4,9,12,16-17H,5H2,(H,18,19). The van der Waals surface area contributed by atoms with Crippen molar-refractivity contribution in [3.8, 4) is 0 Å². The molecule has 106 valence electrons. The van der Waals surface area contributed by atoms with Crippen molar-refractivity contribution < 1.29 is 24.5 Å². The van der Waals surface area contributed by atoms with Crippen LogP contribution in [0.15, 0.2) is 33.5 Å². The second-order valence-corrected chi connectivity index (χ2v) is 4.51. The minimum Gasteiger partial charge on any atom is -0.475 e. The van der Waals surface area contributed by atoms with E-state index in [4.69, 9.17) is 21.1 Å². The Labute approximate surface area is 117 Å². The molecule has 0 bridgehead atoms. The maximum Gasteiger partial charge on any atom is 0.371 e. The predicted octanol–water partition coefficient (Wildman–Crippen LogP) is 1.12. The van der Waals surface area contributed by atoms with Crippen molar-refractivity contribution in [2.24, 2.45) is 0 Å². The Morgan fingerprint density at radius 3 is 2.60 bits per heavy atom. The first-order chi connectivity index (χ1) is 9.43. The number of aliphatic hydroxyl groups excluding tert-OH is 2. The molecule has 0 aliphatic rings. The number of halogens is 1. The molecule has 0 saturated carbocycles. The Morgan fingerprint density at radius 1 is 1.30 bits per heavy atom. The molecule has 7 heteroatoms. The molecule has 3 N–H and O–H groups in total. The maximum atomic E-state index is 11.8. The third kappa shape index (κ3) is 2.67. The molecule has 20 heavy (non-hydrogen) atoms. The average molecular weight is 299 g/mol. The van der Waals surface area contributed by atoms with Crippen LogP contribution in [0.25, 0.3) is 11.0 Å². The quantitative estimate of drug-likeness (QED) is 0.730. The zero-order chi connectivity index (χ0) is 14.9. The summed E-state index contributed by atoms with van der Waals surface area (Å²) < 4.78 is 5.06. The fraction of sp³-hybridized carbons (Fsp3) is 0.231. The van der Waals surface area contributed by atoms with Gasteiger partial charge in [0.25, 0.3) is 0 Å². The van der Waals surface area contributed by atoms with E-state index in [2.05, 4.69) is 0 Å². The fourth-order valence-corrected chi connectivity index (χ4v) is 1.94. The van der Waals surface area contributed by atoms with Gasteiger partial charge in [0, 0.05) is 6.07 Å². The van der Waals surface area contributed by atoms with E-state index in [9.17, 15) is 19.8 Å². The molecule has 0 fully saturated rings. The number of aliphatic hydroxyl groups is 2. The molecule has 2 atom stereocenters. The number of fused-ring (bicyclic) bond motifs is 1. The van der Waals surface area contributed by atoms with Crippen LogP contribution in [0.5, 0.6) is 0 Å². The van der Waals surface area contributed by atoms with Crippen LogP contribution in [0.4, 0.5) is 0 Å². The molecule has 0 saturated heterocycles. The number of carboxylic acids is 1. The summed E-state index contributed by atoms with van der Waals surface area (Å²) in [7, 11) is 0. The Kier molecular flexibility index (Phi) is 4.08. The van der Waals surface area contributed by atoms with Crippen molar-refractivity contribution in [2.75, 3.05) is 5.88 Å². The topological polar surface area (TPSA) is 108 Å². The third-order valence-electron chi connectivity index (χ3n) is 2.83. The van der Waals surface area contributed by atoms with Crippen LogP contribution >= 0.6 is 11.6 Å². The Balaban J connectivity index is 2.55. The van der Waals surface area contributed by atoms with Gasteiger partial charge in [-0.3, -0.25) is 4.79 Å². The van der Waals surface area contributed by atoms with E-state index in [0.29, 0.717) is 5.56 Å². The molecule has 0 spiro atoms. The molecule has 0 amide bonds. The molecule has 1 aromatic carbocycles. The summed E-state index contributed by atoms with van der Waals surface area (Å²) in [6.07, 6.45) is -2.41. The highest BCUT2D eigenvalue weighted by atomic mass is 35.5. The first-order valence-corrected chi connectivity index (χ1v) is 6.20. The molecule has 1 aromatic heterocycles. The summed E-state index contributed by atoms with van der Waals surface area (Å²) in [5.41, 5.74) is -0.162. The smallest absolute Gasteiger partial charge is 0.371 e. The van der Waals surface area contributed by atoms with Crippen LogP contribution in [0, 0.1) is 0 Å². The summed E-state index contributed by atoms with van der Waals surface area (Å²) in [5, 5.41) is 28.2. The van der Waals surface area contributed by atoms with E-state index < -0.39 is 29.4 Å². The second-order valence-electron chi connectivity index (χ2n) is 4.20. The molecule has 2 aromatic rings. The van der Waals surface area contributed by atoms with Crippen LogP contribution in [-0.2, 0) is 0 Å².